The SMILES string of the molecule is CC1(C)CC1C(=O)Cc1ccc(F)cc1Cl. The van der Waals surface area contributed by atoms with Crippen molar-refractivity contribution in [1.29, 1.82) is 0 Å². The first-order chi connectivity index (χ1) is 7.40. The van der Waals surface area contributed by atoms with E-state index in [1.54, 1.807) is 6.07 Å². The Labute approximate surface area is 99.6 Å². The molecule has 0 spiro atoms. The van der Waals surface area contributed by atoms with Crippen LogP contribution in [0.3, 0.4) is 0 Å². The van der Waals surface area contributed by atoms with Gasteiger partial charge < -0.3 is 0 Å². The van der Waals surface area contributed by atoms with Gasteiger partial charge in [-0.05, 0) is 29.5 Å². The minimum absolute atomic E-state index is 0.142. The maximum Gasteiger partial charge on any atom is 0.140 e. The smallest absolute Gasteiger partial charge is 0.140 e. The van der Waals surface area contributed by atoms with E-state index in [9.17, 15) is 9.18 Å². The molecule has 1 aromatic carbocycles. The topological polar surface area (TPSA) is 17.1 Å². The predicted octanol–water partition coefficient (Wildman–Crippen LogP) is 3.64. The van der Waals surface area contributed by atoms with E-state index in [-0.39, 0.29) is 22.9 Å². The van der Waals surface area contributed by atoms with E-state index in [1.165, 1.54) is 12.1 Å². The predicted molar refractivity (Wildman–Crippen MR) is 62.0 cm³/mol. The molecular weight excluding hydrogens is 227 g/mol. The van der Waals surface area contributed by atoms with Crippen LogP contribution in [0.2, 0.25) is 5.02 Å². The van der Waals surface area contributed by atoms with Gasteiger partial charge in [-0.1, -0.05) is 31.5 Å². The Bertz CT molecular complexity index is 440. The molecule has 0 amide bonds. The van der Waals surface area contributed by atoms with E-state index in [0.29, 0.717) is 11.4 Å². The third-order valence-corrected chi connectivity index (χ3v) is 3.63. The molecule has 2 rings (SSSR count). The van der Waals surface area contributed by atoms with Crippen molar-refractivity contribution in [3.63, 3.8) is 0 Å². The van der Waals surface area contributed by atoms with Gasteiger partial charge in [-0.3, -0.25) is 4.79 Å². The fraction of sp³-hybridized carbons (Fsp3) is 0.462. The summed E-state index contributed by atoms with van der Waals surface area (Å²) in [5.41, 5.74) is 0.861. The number of hydrogen-bond acceptors (Lipinski definition) is 1. The Morgan fingerprint density at radius 1 is 1.56 bits per heavy atom. The largest absolute Gasteiger partial charge is 0.299 e. The van der Waals surface area contributed by atoms with Crippen molar-refractivity contribution in [2.45, 2.75) is 26.7 Å². The van der Waals surface area contributed by atoms with Gasteiger partial charge in [-0.25, -0.2) is 4.39 Å². The molecule has 0 heterocycles. The van der Waals surface area contributed by atoms with Crippen molar-refractivity contribution in [1.82, 2.24) is 0 Å². The quantitative estimate of drug-likeness (QED) is 0.789. The number of Topliss-reactive ketones (excluding diaryl/α,β-unsaturated/α-hetero) is 1. The van der Waals surface area contributed by atoms with Crippen LogP contribution >= 0.6 is 11.6 Å². The normalized spacial score (nSPS) is 21.9. The van der Waals surface area contributed by atoms with Crippen molar-refractivity contribution in [2.75, 3.05) is 0 Å². The van der Waals surface area contributed by atoms with Gasteiger partial charge >= 0.3 is 0 Å². The third-order valence-electron chi connectivity index (χ3n) is 3.28. The van der Waals surface area contributed by atoms with Crippen LogP contribution in [0.4, 0.5) is 4.39 Å². The van der Waals surface area contributed by atoms with Crippen LogP contribution in [0.5, 0.6) is 0 Å². The first kappa shape index (κ1) is 11.6. The van der Waals surface area contributed by atoms with Crippen molar-refractivity contribution in [2.24, 2.45) is 11.3 Å². The highest BCUT2D eigenvalue weighted by Crippen LogP contribution is 2.52. The molecule has 1 nitrogen and oxygen atoms in total. The van der Waals surface area contributed by atoms with E-state index in [4.69, 9.17) is 11.6 Å². The Balaban J connectivity index is 2.07. The van der Waals surface area contributed by atoms with Crippen LogP contribution in [-0.4, -0.2) is 5.78 Å². The summed E-state index contributed by atoms with van der Waals surface area (Å²) < 4.78 is 12.8. The fourth-order valence-corrected chi connectivity index (χ4v) is 2.23. The molecule has 1 unspecified atom stereocenters. The highest BCUT2D eigenvalue weighted by Gasteiger charge is 2.49. The fourth-order valence-electron chi connectivity index (χ4n) is 1.99. The molecule has 1 aromatic rings. The summed E-state index contributed by atoms with van der Waals surface area (Å²) in [5, 5.41) is 0.340. The molecule has 86 valence electrons. The second kappa shape index (κ2) is 3.85. The van der Waals surface area contributed by atoms with Crippen LogP contribution in [0.1, 0.15) is 25.8 Å². The number of rotatable bonds is 3. The number of carbonyl (C=O) groups is 1. The molecule has 1 fully saturated rings. The summed E-state index contributed by atoms with van der Waals surface area (Å²) in [6.07, 6.45) is 1.26. The monoisotopic (exact) mass is 240 g/mol. The molecule has 0 aliphatic heterocycles. The van der Waals surface area contributed by atoms with Gasteiger partial charge in [0.1, 0.15) is 11.6 Å². The van der Waals surface area contributed by atoms with Crippen molar-refractivity contribution in [3.05, 3.63) is 34.6 Å². The van der Waals surface area contributed by atoms with Crippen LogP contribution in [-0.2, 0) is 11.2 Å². The van der Waals surface area contributed by atoms with Crippen LogP contribution in [0, 0.1) is 17.2 Å². The number of hydrogen-bond donors (Lipinski definition) is 0. The summed E-state index contributed by atoms with van der Waals surface area (Å²) >= 11 is 5.88. The molecule has 1 saturated carbocycles. The Morgan fingerprint density at radius 3 is 2.69 bits per heavy atom. The maximum atomic E-state index is 12.8. The van der Waals surface area contributed by atoms with Gasteiger partial charge in [0.05, 0.1) is 0 Å². The van der Waals surface area contributed by atoms with Gasteiger partial charge in [-0.15, -0.1) is 0 Å². The molecule has 0 saturated heterocycles. The maximum absolute atomic E-state index is 12.8. The van der Waals surface area contributed by atoms with Crippen LogP contribution in [0.15, 0.2) is 18.2 Å². The summed E-state index contributed by atoms with van der Waals surface area (Å²) in [4.78, 5) is 11.9. The summed E-state index contributed by atoms with van der Waals surface area (Å²) in [6.45, 7) is 4.17. The molecule has 0 N–H and O–H groups in total. The van der Waals surface area contributed by atoms with Crippen LogP contribution < -0.4 is 0 Å². The number of carbonyl (C=O) groups excluding carboxylic acids is 1. The summed E-state index contributed by atoms with van der Waals surface area (Å²) in [6, 6.07) is 4.18. The van der Waals surface area contributed by atoms with Crippen molar-refractivity contribution in [3.8, 4) is 0 Å². The lowest BCUT2D eigenvalue weighted by Gasteiger charge is -2.05. The van der Waals surface area contributed by atoms with E-state index >= 15 is 0 Å². The van der Waals surface area contributed by atoms with Crippen molar-refractivity contribution < 1.29 is 9.18 Å². The first-order valence-electron chi connectivity index (χ1n) is 5.37. The second-order valence-electron chi connectivity index (χ2n) is 5.12. The molecule has 0 radical (unpaired) electrons. The molecular formula is C13H14ClFO. The van der Waals surface area contributed by atoms with Gasteiger partial charge in [0.2, 0.25) is 0 Å². The summed E-state index contributed by atoms with van der Waals surface area (Å²) in [5.74, 6) is -0.0138. The second-order valence-corrected chi connectivity index (χ2v) is 5.53. The standard InChI is InChI=1S/C13H14ClFO/c1-13(2)7-10(13)12(16)5-8-3-4-9(15)6-11(8)14/h3-4,6,10H,5,7H2,1-2H3. The Morgan fingerprint density at radius 2 is 2.19 bits per heavy atom. The average Bonchev–Trinajstić information content (AvgIpc) is 2.80. The van der Waals surface area contributed by atoms with E-state index in [0.717, 1.165) is 12.0 Å². The van der Waals surface area contributed by atoms with Crippen molar-refractivity contribution >= 4 is 17.4 Å². The van der Waals surface area contributed by atoms with E-state index in [2.05, 4.69) is 13.8 Å². The highest BCUT2D eigenvalue weighted by atomic mass is 35.5. The zero-order valence-corrected chi connectivity index (χ0v) is 10.1. The first-order valence-corrected chi connectivity index (χ1v) is 5.74. The van der Waals surface area contributed by atoms with Gasteiger partial charge in [0.25, 0.3) is 0 Å². The minimum atomic E-state index is -0.368. The highest BCUT2D eigenvalue weighted by molar-refractivity contribution is 6.31. The molecule has 0 aromatic heterocycles. The lowest BCUT2D eigenvalue weighted by molar-refractivity contribution is -0.120. The van der Waals surface area contributed by atoms with E-state index in [1.807, 2.05) is 0 Å². The lowest BCUT2D eigenvalue weighted by Crippen LogP contribution is -2.09. The number of benzene rings is 1. The minimum Gasteiger partial charge on any atom is -0.299 e. The van der Waals surface area contributed by atoms with Gasteiger partial charge in [0, 0.05) is 17.4 Å². The van der Waals surface area contributed by atoms with Crippen LogP contribution in [0.25, 0.3) is 0 Å². The zero-order chi connectivity index (χ0) is 11.9. The molecule has 1 aliphatic carbocycles. The zero-order valence-electron chi connectivity index (χ0n) is 9.39. The third kappa shape index (κ3) is 2.27. The molecule has 3 heteroatoms. The molecule has 1 atom stereocenters. The molecule has 0 bridgehead atoms. The summed E-state index contributed by atoms with van der Waals surface area (Å²) in [7, 11) is 0. The van der Waals surface area contributed by atoms with Gasteiger partial charge in [0.15, 0.2) is 0 Å². The average molecular weight is 241 g/mol. The Hall–Kier alpha value is -0.890. The van der Waals surface area contributed by atoms with Gasteiger partial charge in [-0.2, -0.15) is 0 Å². The number of halogens is 2. The molecule has 1 aliphatic rings. The lowest BCUT2D eigenvalue weighted by atomic mass is 10.0. The Kier molecular flexibility index (Phi) is 2.79. The molecule has 16 heavy (non-hydrogen) atoms. The number of ketones is 1. The van der Waals surface area contributed by atoms with E-state index < -0.39 is 0 Å².